The van der Waals surface area contributed by atoms with Gasteiger partial charge in [-0.15, -0.1) is 0 Å². The van der Waals surface area contributed by atoms with Crippen molar-refractivity contribution in [2.75, 3.05) is 23.6 Å². The summed E-state index contributed by atoms with van der Waals surface area (Å²) in [6.45, 7) is 3.41. The van der Waals surface area contributed by atoms with Crippen LogP contribution in [-0.4, -0.2) is 33.3 Å². The van der Waals surface area contributed by atoms with E-state index in [1.165, 1.54) is 22.3 Å². The second-order valence-electron chi connectivity index (χ2n) is 6.69. The highest BCUT2D eigenvalue weighted by Gasteiger charge is 2.12. The smallest absolute Gasteiger partial charge is 0.183 e. The average molecular weight is 455 g/mol. The van der Waals surface area contributed by atoms with Gasteiger partial charge in [0.05, 0.1) is 12.3 Å². The first kappa shape index (κ1) is 22.9. The molecule has 2 N–H and O–H groups in total. The Labute approximate surface area is 191 Å². The van der Waals surface area contributed by atoms with Crippen LogP contribution in [0.15, 0.2) is 71.3 Å². The maximum Gasteiger partial charge on any atom is 0.183 e. The van der Waals surface area contributed by atoms with Crippen LogP contribution >= 0.6 is 23.5 Å². The predicted octanol–water partition coefficient (Wildman–Crippen LogP) is 5.85. The van der Waals surface area contributed by atoms with Gasteiger partial charge in [-0.3, -0.25) is 5.41 Å². The molecule has 3 rings (SSSR count). The molecule has 7 nitrogen and oxygen atoms in total. The number of nitrogens with one attached hydrogen (secondary N) is 2. The van der Waals surface area contributed by atoms with E-state index >= 15 is 0 Å². The number of para-hydroxylation sites is 1. The third-order valence-corrected chi connectivity index (χ3v) is 6.32. The number of hydrogen-bond donors (Lipinski definition) is 2. The van der Waals surface area contributed by atoms with E-state index < -0.39 is 0 Å². The Bertz CT molecular complexity index is 1010. The Morgan fingerprint density at radius 2 is 2.00 bits per heavy atom. The van der Waals surface area contributed by atoms with Crippen LogP contribution in [0.4, 0.5) is 5.69 Å². The molecule has 9 heteroatoms. The molecular weight excluding hydrogens is 428 g/mol. The fraction of sp³-hybridized carbons (Fsp3) is 0.273. The average Bonchev–Trinajstić information content (AvgIpc) is 3.24. The Kier molecular flexibility index (Phi) is 8.54. The zero-order chi connectivity index (χ0) is 22.1. The van der Waals surface area contributed by atoms with Crippen LogP contribution < -0.4 is 9.75 Å². The number of aromatic nitrogens is 2. The number of thioether (sulfide) groups is 2. The second-order valence-corrected chi connectivity index (χ2v) is 8.54. The third-order valence-electron chi connectivity index (χ3n) is 4.67. The fourth-order valence-corrected chi connectivity index (χ4v) is 4.29. The molecule has 0 bridgehead atoms. The molecule has 0 aliphatic carbocycles. The summed E-state index contributed by atoms with van der Waals surface area (Å²) < 4.78 is 8.15. The van der Waals surface area contributed by atoms with Crippen molar-refractivity contribution in [3.05, 3.63) is 72.1 Å². The summed E-state index contributed by atoms with van der Waals surface area (Å²) in [6, 6.07) is 15.4. The molecule has 162 valence electrons. The van der Waals surface area contributed by atoms with Gasteiger partial charge in [-0.2, -0.15) is 10.5 Å². The van der Waals surface area contributed by atoms with Crippen LogP contribution in [0.25, 0.3) is 0 Å². The van der Waals surface area contributed by atoms with Gasteiger partial charge in [-0.1, -0.05) is 59.1 Å². The normalized spacial score (nSPS) is 10.6. The van der Waals surface area contributed by atoms with Gasteiger partial charge < -0.3 is 9.30 Å². The van der Waals surface area contributed by atoms with Gasteiger partial charge in [-0.05, 0) is 48.9 Å². The number of ether oxygens (including phenoxy) is 1. The first-order valence-corrected chi connectivity index (χ1v) is 12.1. The van der Waals surface area contributed by atoms with E-state index in [1.54, 1.807) is 11.8 Å². The molecule has 0 spiro atoms. The summed E-state index contributed by atoms with van der Waals surface area (Å²) in [4.78, 5) is 4.36. The van der Waals surface area contributed by atoms with Crippen molar-refractivity contribution in [3.8, 4) is 5.75 Å². The minimum Gasteiger partial charge on any atom is -0.493 e. The topological polar surface area (TPSA) is 90.3 Å². The molecule has 0 radical (unpaired) electrons. The lowest BCUT2D eigenvalue weighted by molar-refractivity contribution is 0.316. The summed E-state index contributed by atoms with van der Waals surface area (Å²) in [6.07, 6.45) is 6.63. The van der Waals surface area contributed by atoms with E-state index in [1.807, 2.05) is 61.1 Å². The Hall–Kier alpha value is -2.78. The molecule has 0 atom stereocenters. The minimum absolute atomic E-state index is 0.226. The van der Waals surface area contributed by atoms with Crippen LogP contribution in [0.2, 0.25) is 0 Å². The molecule has 0 aliphatic heterocycles. The van der Waals surface area contributed by atoms with E-state index in [4.69, 9.17) is 15.7 Å². The fourth-order valence-electron chi connectivity index (χ4n) is 3.04. The number of benzene rings is 2. The van der Waals surface area contributed by atoms with Gasteiger partial charge in [0.25, 0.3) is 0 Å². The van der Waals surface area contributed by atoms with Crippen LogP contribution in [-0.2, 0) is 6.54 Å². The van der Waals surface area contributed by atoms with Crippen molar-refractivity contribution in [1.29, 1.82) is 10.9 Å². The van der Waals surface area contributed by atoms with Crippen LogP contribution in [0.1, 0.15) is 17.5 Å². The number of hydrogen-bond acceptors (Lipinski definition) is 7. The van der Waals surface area contributed by atoms with Gasteiger partial charge in [-0.25, -0.2) is 4.98 Å². The van der Waals surface area contributed by atoms with Crippen LogP contribution in [0.3, 0.4) is 0 Å². The summed E-state index contributed by atoms with van der Waals surface area (Å²) >= 11 is 2.99. The standard InChI is InChI=1S/C22H26N6OS2/c1-17-18(16-27-13-12-25-22(27)30-2)8-6-11-20(17)29-14-7-15-31-21(23)28(26-24)19-9-4-3-5-10-19/h3-6,8-13,23-24H,7,14-16H2,1-2H3. The molecule has 0 saturated carbocycles. The highest BCUT2D eigenvalue weighted by atomic mass is 32.2. The predicted molar refractivity (Wildman–Crippen MR) is 129 cm³/mol. The number of rotatable bonds is 10. The molecule has 0 saturated heterocycles. The van der Waals surface area contributed by atoms with E-state index in [0.717, 1.165) is 29.4 Å². The highest BCUT2D eigenvalue weighted by molar-refractivity contribution is 8.14. The summed E-state index contributed by atoms with van der Waals surface area (Å²) in [5, 5.41) is 14.2. The molecular formula is C22H26N6OS2. The number of nitrogens with zero attached hydrogens (tertiary/aromatic N) is 4. The van der Waals surface area contributed by atoms with Crippen molar-refractivity contribution >= 4 is 34.4 Å². The largest absolute Gasteiger partial charge is 0.493 e. The van der Waals surface area contributed by atoms with E-state index in [0.29, 0.717) is 18.0 Å². The Morgan fingerprint density at radius 1 is 1.19 bits per heavy atom. The first-order valence-electron chi connectivity index (χ1n) is 9.84. The van der Waals surface area contributed by atoms with Crippen molar-refractivity contribution in [2.24, 2.45) is 5.22 Å². The minimum atomic E-state index is 0.226. The second kappa shape index (κ2) is 11.6. The number of amidine groups is 1. The summed E-state index contributed by atoms with van der Waals surface area (Å²) in [5.74, 6) is 1.60. The SMILES string of the molecule is CSc1nccn1Cc1cccc(OCCCSC(=N)N(N=N)c2ccccc2)c1C. The lowest BCUT2D eigenvalue weighted by Gasteiger charge is -2.17. The lowest BCUT2D eigenvalue weighted by Crippen LogP contribution is -2.21. The first-order chi connectivity index (χ1) is 15.1. The third kappa shape index (κ3) is 6.11. The quantitative estimate of drug-likeness (QED) is 0.100. The molecule has 3 aromatic rings. The monoisotopic (exact) mass is 454 g/mol. The van der Waals surface area contributed by atoms with Gasteiger partial charge in [0.15, 0.2) is 10.3 Å². The van der Waals surface area contributed by atoms with Crippen LogP contribution in [0, 0.1) is 17.9 Å². The Balaban J connectivity index is 1.48. The van der Waals surface area contributed by atoms with E-state index in [-0.39, 0.29) is 5.17 Å². The van der Waals surface area contributed by atoms with Crippen molar-refractivity contribution in [3.63, 3.8) is 0 Å². The maximum atomic E-state index is 8.20. The zero-order valence-corrected chi connectivity index (χ0v) is 19.2. The van der Waals surface area contributed by atoms with Crippen LogP contribution in [0.5, 0.6) is 5.75 Å². The highest BCUT2D eigenvalue weighted by Crippen LogP contribution is 2.24. The lowest BCUT2D eigenvalue weighted by atomic mass is 10.1. The molecule has 1 aromatic heterocycles. The molecule has 31 heavy (non-hydrogen) atoms. The molecule has 0 aliphatic rings. The van der Waals surface area contributed by atoms with Gasteiger partial charge in [0, 0.05) is 24.7 Å². The molecule has 0 fully saturated rings. The Morgan fingerprint density at radius 3 is 2.74 bits per heavy atom. The van der Waals surface area contributed by atoms with Gasteiger partial charge >= 0.3 is 0 Å². The summed E-state index contributed by atoms with van der Waals surface area (Å²) in [7, 11) is 0. The van der Waals surface area contributed by atoms with Crippen molar-refractivity contribution in [1.82, 2.24) is 9.55 Å². The van der Waals surface area contributed by atoms with E-state index in [9.17, 15) is 0 Å². The molecule has 0 unspecified atom stereocenters. The van der Waals surface area contributed by atoms with Crippen molar-refractivity contribution < 1.29 is 4.74 Å². The summed E-state index contributed by atoms with van der Waals surface area (Å²) in [5.41, 5.74) is 10.4. The van der Waals surface area contributed by atoms with Crippen molar-refractivity contribution in [2.45, 2.75) is 25.0 Å². The molecule has 1 heterocycles. The zero-order valence-electron chi connectivity index (χ0n) is 17.6. The molecule has 0 amide bonds. The van der Waals surface area contributed by atoms with Gasteiger partial charge in [0.1, 0.15) is 5.75 Å². The maximum absolute atomic E-state index is 8.20. The van der Waals surface area contributed by atoms with E-state index in [2.05, 4.69) is 27.8 Å². The number of anilines is 1. The molecule has 2 aromatic carbocycles. The van der Waals surface area contributed by atoms with Gasteiger partial charge in [0.2, 0.25) is 0 Å². The number of imidazole rings is 1.